The van der Waals surface area contributed by atoms with Crippen molar-refractivity contribution in [1.82, 2.24) is 0 Å². The van der Waals surface area contributed by atoms with Crippen LogP contribution in [0.1, 0.15) is 6.92 Å². The predicted molar refractivity (Wildman–Crippen MR) is 55.3 cm³/mol. The first-order valence-corrected chi connectivity index (χ1v) is 4.17. The third-order valence-corrected chi connectivity index (χ3v) is 1.11. The Morgan fingerprint density at radius 1 is 1.38 bits per heavy atom. The summed E-state index contributed by atoms with van der Waals surface area (Å²) in [5, 5.41) is 5.40. The first-order valence-electron chi connectivity index (χ1n) is 4.17. The summed E-state index contributed by atoms with van der Waals surface area (Å²) in [5.74, 6) is -1.08. The van der Waals surface area contributed by atoms with Gasteiger partial charge in [0.05, 0.1) is 0 Å². The molecule has 0 aliphatic rings. The molecule has 0 amide bonds. The molecule has 0 spiro atoms. The Morgan fingerprint density at radius 2 is 1.81 bits per heavy atom. The van der Waals surface area contributed by atoms with Crippen LogP contribution in [0.15, 0.2) is 25.3 Å². The molecule has 0 fully saturated rings. The van der Waals surface area contributed by atoms with Crippen LogP contribution in [0.4, 0.5) is 0 Å². The van der Waals surface area contributed by atoms with Gasteiger partial charge in [-0.25, -0.2) is 19.8 Å². The van der Waals surface area contributed by atoms with Crippen molar-refractivity contribution in [3.05, 3.63) is 25.3 Å². The van der Waals surface area contributed by atoms with E-state index in [-0.39, 0.29) is 6.61 Å². The van der Waals surface area contributed by atoms with Gasteiger partial charge in [0.2, 0.25) is 6.08 Å². The van der Waals surface area contributed by atoms with E-state index in [0.717, 1.165) is 18.2 Å². The van der Waals surface area contributed by atoms with Crippen molar-refractivity contribution in [2.75, 3.05) is 6.61 Å². The SMILES string of the molecule is C=CC(=O)OCC(C)OC(=O)C=C.N=C=O. The maximum atomic E-state index is 10.6. The Morgan fingerprint density at radius 3 is 2.19 bits per heavy atom. The van der Waals surface area contributed by atoms with Crippen LogP contribution in [0, 0.1) is 5.41 Å². The molecule has 0 aliphatic carbocycles. The molecule has 6 nitrogen and oxygen atoms in total. The zero-order valence-electron chi connectivity index (χ0n) is 8.89. The summed E-state index contributed by atoms with van der Waals surface area (Å²) in [6, 6.07) is 0. The fourth-order valence-electron chi connectivity index (χ4n) is 0.539. The summed E-state index contributed by atoms with van der Waals surface area (Å²) in [4.78, 5) is 29.6. The second-order valence-electron chi connectivity index (χ2n) is 2.39. The van der Waals surface area contributed by atoms with E-state index < -0.39 is 18.0 Å². The summed E-state index contributed by atoms with van der Waals surface area (Å²) in [6.07, 6.45) is 2.36. The number of rotatable bonds is 5. The van der Waals surface area contributed by atoms with Crippen molar-refractivity contribution < 1.29 is 23.9 Å². The molecule has 0 heterocycles. The lowest BCUT2D eigenvalue weighted by molar-refractivity contribution is -0.151. The molecule has 0 radical (unpaired) electrons. The Kier molecular flexibility index (Phi) is 11.0. The highest BCUT2D eigenvalue weighted by atomic mass is 16.6. The van der Waals surface area contributed by atoms with E-state index >= 15 is 0 Å². The van der Waals surface area contributed by atoms with Crippen LogP contribution in [0.2, 0.25) is 0 Å². The lowest BCUT2D eigenvalue weighted by Crippen LogP contribution is -2.20. The number of hydrogen-bond acceptors (Lipinski definition) is 6. The highest BCUT2D eigenvalue weighted by Gasteiger charge is 2.07. The lowest BCUT2D eigenvalue weighted by atomic mass is 10.4. The minimum atomic E-state index is -0.540. The average molecular weight is 227 g/mol. The van der Waals surface area contributed by atoms with Crippen LogP contribution >= 0.6 is 0 Å². The maximum Gasteiger partial charge on any atom is 0.330 e. The summed E-state index contributed by atoms with van der Waals surface area (Å²) in [7, 11) is 0. The molecule has 0 aliphatic heterocycles. The fourth-order valence-corrected chi connectivity index (χ4v) is 0.539. The van der Waals surface area contributed by atoms with Crippen LogP contribution in [0.5, 0.6) is 0 Å². The molecule has 1 N–H and O–H groups in total. The lowest BCUT2D eigenvalue weighted by Gasteiger charge is -2.10. The van der Waals surface area contributed by atoms with E-state index in [4.69, 9.17) is 14.9 Å². The smallest absolute Gasteiger partial charge is 0.330 e. The second kappa shape index (κ2) is 10.9. The summed E-state index contributed by atoms with van der Waals surface area (Å²) in [6.45, 7) is 8.07. The molecule has 0 aromatic rings. The van der Waals surface area contributed by atoms with Crippen molar-refractivity contribution in [2.45, 2.75) is 13.0 Å². The van der Waals surface area contributed by atoms with Gasteiger partial charge in [0, 0.05) is 12.2 Å². The van der Waals surface area contributed by atoms with Crippen molar-refractivity contribution >= 4 is 18.0 Å². The van der Waals surface area contributed by atoms with E-state index in [1.165, 1.54) is 0 Å². The number of esters is 2. The van der Waals surface area contributed by atoms with Gasteiger partial charge in [0.1, 0.15) is 12.7 Å². The van der Waals surface area contributed by atoms with Crippen molar-refractivity contribution in [2.24, 2.45) is 0 Å². The molecule has 0 rings (SSSR count). The number of carbonyl (C=O) groups is 2. The van der Waals surface area contributed by atoms with E-state index in [0.29, 0.717) is 0 Å². The van der Waals surface area contributed by atoms with E-state index in [2.05, 4.69) is 17.9 Å². The molecule has 88 valence electrons. The summed E-state index contributed by atoms with van der Waals surface area (Å²) in [5.41, 5.74) is 0. The number of carbonyl (C=O) groups excluding carboxylic acids is 3. The number of isocyanates is 1. The first kappa shape index (κ1) is 16.2. The Labute approximate surface area is 93.0 Å². The molecule has 16 heavy (non-hydrogen) atoms. The zero-order valence-corrected chi connectivity index (χ0v) is 8.89. The molecule has 6 heteroatoms. The first-order chi connectivity index (χ1) is 7.51. The van der Waals surface area contributed by atoms with Crippen LogP contribution in [-0.2, 0) is 23.9 Å². The third-order valence-electron chi connectivity index (χ3n) is 1.11. The number of nitrogens with one attached hydrogen (secondary N) is 1. The highest BCUT2D eigenvalue weighted by molar-refractivity contribution is 5.82. The molecule has 1 unspecified atom stereocenters. The van der Waals surface area contributed by atoms with Crippen LogP contribution in [0.25, 0.3) is 0 Å². The number of hydrogen-bond donors (Lipinski definition) is 1. The largest absolute Gasteiger partial charge is 0.459 e. The van der Waals surface area contributed by atoms with Gasteiger partial charge in [-0.2, -0.15) is 0 Å². The minimum Gasteiger partial charge on any atom is -0.459 e. The molecule has 1 atom stereocenters. The minimum absolute atomic E-state index is 0.0183. The van der Waals surface area contributed by atoms with Crippen LogP contribution < -0.4 is 0 Å². The van der Waals surface area contributed by atoms with Gasteiger partial charge in [0.15, 0.2) is 0 Å². The van der Waals surface area contributed by atoms with Gasteiger partial charge in [-0.15, -0.1) is 0 Å². The van der Waals surface area contributed by atoms with Crippen molar-refractivity contribution in [1.29, 1.82) is 5.41 Å². The molecule has 0 bridgehead atoms. The highest BCUT2D eigenvalue weighted by Crippen LogP contribution is 1.94. The third kappa shape index (κ3) is 11.8. The van der Waals surface area contributed by atoms with Crippen LogP contribution in [0.3, 0.4) is 0 Å². The van der Waals surface area contributed by atoms with Crippen LogP contribution in [-0.4, -0.2) is 30.7 Å². The Balaban J connectivity index is 0. The van der Waals surface area contributed by atoms with Gasteiger partial charge in [-0.1, -0.05) is 13.2 Å². The maximum absolute atomic E-state index is 10.6. The van der Waals surface area contributed by atoms with E-state index in [1.54, 1.807) is 6.92 Å². The zero-order chi connectivity index (χ0) is 13.0. The molecular weight excluding hydrogens is 214 g/mol. The van der Waals surface area contributed by atoms with Gasteiger partial charge in [-0.3, -0.25) is 0 Å². The molecule has 0 aromatic carbocycles. The van der Waals surface area contributed by atoms with Gasteiger partial charge >= 0.3 is 11.9 Å². The van der Waals surface area contributed by atoms with Crippen molar-refractivity contribution in [3.63, 3.8) is 0 Å². The summed E-state index contributed by atoms with van der Waals surface area (Å²) < 4.78 is 9.36. The molecule has 0 saturated heterocycles. The normalized spacial score (nSPS) is 9.56. The quantitative estimate of drug-likeness (QED) is 0.323. The number of ether oxygens (including phenoxy) is 2. The summed E-state index contributed by atoms with van der Waals surface area (Å²) >= 11 is 0. The van der Waals surface area contributed by atoms with Gasteiger partial charge in [-0.05, 0) is 6.92 Å². The topological polar surface area (TPSA) is 93.5 Å². The van der Waals surface area contributed by atoms with E-state index in [1.807, 2.05) is 0 Å². The van der Waals surface area contributed by atoms with Crippen molar-refractivity contribution in [3.8, 4) is 0 Å². The van der Waals surface area contributed by atoms with Gasteiger partial charge < -0.3 is 9.47 Å². The Hall–Kier alpha value is -2.20. The monoisotopic (exact) mass is 227 g/mol. The van der Waals surface area contributed by atoms with Gasteiger partial charge in [0.25, 0.3) is 0 Å². The fraction of sp³-hybridized carbons (Fsp3) is 0.300. The Bertz CT molecular complexity index is 292. The standard InChI is InChI=1S/C9H12O4.CHNO/c1-4-8(10)12-6-7(3)13-9(11)5-2;2-1-3/h4-5,7H,1-2,6H2,3H3;2H. The average Bonchev–Trinajstić information content (AvgIpc) is 2.26. The second-order valence-corrected chi connectivity index (χ2v) is 2.39. The molecule has 0 aromatic heterocycles. The molecular formula is C10H13NO5. The predicted octanol–water partition coefficient (Wildman–Crippen LogP) is 0.734. The van der Waals surface area contributed by atoms with E-state index in [9.17, 15) is 9.59 Å². The molecule has 0 saturated carbocycles.